The van der Waals surface area contributed by atoms with Gasteiger partial charge in [-0.2, -0.15) is 0 Å². The van der Waals surface area contributed by atoms with Crippen LogP contribution in [0.2, 0.25) is 0 Å². The van der Waals surface area contributed by atoms with Gasteiger partial charge in [0.2, 0.25) is 11.8 Å². The molecule has 1 unspecified atom stereocenters. The zero-order chi connectivity index (χ0) is 17.9. The molecular formula is C18H26N2O4. The van der Waals surface area contributed by atoms with Crippen LogP contribution in [0, 0.1) is 6.92 Å². The third-order valence-electron chi connectivity index (χ3n) is 3.43. The van der Waals surface area contributed by atoms with Crippen molar-refractivity contribution in [3.63, 3.8) is 0 Å². The molecule has 0 aliphatic rings. The van der Waals surface area contributed by atoms with Crippen LogP contribution in [-0.2, 0) is 19.1 Å². The van der Waals surface area contributed by atoms with E-state index in [9.17, 15) is 14.4 Å². The number of esters is 1. The lowest BCUT2D eigenvalue weighted by Crippen LogP contribution is -2.33. The van der Waals surface area contributed by atoms with Gasteiger partial charge in [-0.05, 0) is 25.8 Å². The number of hydrogen-bond donors (Lipinski definition) is 2. The topological polar surface area (TPSA) is 84.5 Å². The molecule has 0 saturated carbocycles. The summed E-state index contributed by atoms with van der Waals surface area (Å²) in [5.41, 5.74) is 2.00. The van der Waals surface area contributed by atoms with E-state index in [0.29, 0.717) is 19.6 Å². The molecule has 6 heteroatoms. The summed E-state index contributed by atoms with van der Waals surface area (Å²) in [7, 11) is 0. The van der Waals surface area contributed by atoms with E-state index < -0.39 is 0 Å². The van der Waals surface area contributed by atoms with E-state index in [2.05, 4.69) is 10.6 Å². The molecule has 0 fully saturated rings. The molecule has 0 saturated heterocycles. The lowest BCUT2D eigenvalue weighted by molar-refractivity contribution is -0.143. The fourth-order valence-corrected chi connectivity index (χ4v) is 2.25. The first kappa shape index (κ1) is 19.7. The van der Waals surface area contributed by atoms with Gasteiger partial charge in [0, 0.05) is 19.9 Å². The third-order valence-corrected chi connectivity index (χ3v) is 3.43. The van der Waals surface area contributed by atoms with Gasteiger partial charge in [0.05, 0.1) is 19.1 Å². The zero-order valence-electron chi connectivity index (χ0n) is 14.6. The van der Waals surface area contributed by atoms with Crippen LogP contribution in [0.3, 0.4) is 0 Å². The first-order valence-electron chi connectivity index (χ1n) is 8.18. The molecule has 0 heterocycles. The first-order chi connectivity index (χ1) is 11.4. The summed E-state index contributed by atoms with van der Waals surface area (Å²) in [6, 6.07) is 7.34. The molecule has 1 rings (SSSR count). The minimum Gasteiger partial charge on any atom is -0.466 e. The zero-order valence-corrected chi connectivity index (χ0v) is 14.6. The van der Waals surface area contributed by atoms with E-state index in [4.69, 9.17) is 4.74 Å². The molecule has 24 heavy (non-hydrogen) atoms. The van der Waals surface area contributed by atoms with Gasteiger partial charge >= 0.3 is 5.97 Å². The molecule has 132 valence electrons. The molecule has 0 bridgehead atoms. The highest BCUT2D eigenvalue weighted by Crippen LogP contribution is 2.17. The maximum Gasteiger partial charge on any atom is 0.305 e. The van der Waals surface area contributed by atoms with E-state index in [-0.39, 0.29) is 36.7 Å². The summed E-state index contributed by atoms with van der Waals surface area (Å²) < 4.78 is 4.83. The van der Waals surface area contributed by atoms with Crippen LogP contribution in [0.25, 0.3) is 0 Å². The van der Waals surface area contributed by atoms with E-state index in [1.165, 1.54) is 6.92 Å². The lowest BCUT2D eigenvalue weighted by Gasteiger charge is -2.18. The monoisotopic (exact) mass is 334 g/mol. The highest BCUT2D eigenvalue weighted by atomic mass is 16.5. The van der Waals surface area contributed by atoms with Crippen LogP contribution in [0.1, 0.15) is 50.3 Å². The minimum absolute atomic E-state index is 0.155. The van der Waals surface area contributed by atoms with Crippen LogP contribution < -0.4 is 10.6 Å². The number of carbonyl (C=O) groups is 3. The van der Waals surface area contributed by atoms with Gasteiger partial charge in [-0.1, -0.05) is 29.8 Å². The van der Waals surface area contributed by atoms with Crippen molar-refractivity contribution in [3.8, 4) is 0 Å². The van der Waals surface area contributed by atoms with Crippen LogP contribution >= 0.6 is 0 Å². The summed E-state index contributed by atoms with van der Waals surface area (Å²) >= 11 is 0. The quantitative estimate of drug-likeness (QED) is 0.534. The van der Waals surface area contributed by atoms with Crippen LogP contribution in [0.5, 0.6) is 0 Å². The molecule has 2 N–H and O–H groups in total. The molecule has 1 aromatic rings. The number of nitrogens with one attached hydrogen (secondary N) is 2. The fraction of sp³-hybridized carbons (Fsp3) is 0.500. The number of carbonyl (C=O) groups excluding carboxylic acids is 3. The predicted octanol–water partition coefficient (Wildman–Crippen LogP) is 2.02. The highest BCUT2D eigenvalue weighted by molar-refractivity contribution is 5.79. The third kappa shape index (κ3) is 7.76. The Balaban J connectivity index is 2.48. The molecule has 0 spiro atoms. The molecule has 2 amide bonds. The van der Waals surface area contributed by atoms with Crippen molar-refractivity contribution >= 4 is 17.8 Å². The van der Waals surface area contributed by atoms with Crippen molar-refractivity contribution in [1.82, 2.24) is 10.6 Å². The summed E-state index contributed by atoms with van der Waals surface area (Å²) in [6.07, 6.45) is 0.961. The number of hydrogen-bond acceptors (Lipinski definition) is 4. The highest BCUT2D eigenvalue weighted by Gasteiger charge is 2.17. The largest absolute Gasteiger partial charge is 0.466 e. The van der Waals surface area contributed by atoms with Crippen LogP contribution in [0.15, 0.2) is 24.3 Å². The van der Waals surface area contributed by atoms with E-state index in [0.717, 1.165) is 11.1 Å². The van der Waals surface area contributed by atoms with Gasteiger partial charge < -0.3 is 15.4 Å². The maximum absolute atomic E-state index is 12.1. The maximum atomic E-state index is 12.1. The van der Waals surface area contributed by atoms with E-state index in [1.807, 2.05) is 31.2 Å². The molecular weight excluding hydrogens is 308 g/mol. The fourth-order valence-electron chi connectivity index (χ4n) is 2.25. The van der Waals surface area contributed by atoms with Gasteiger partial charge in [-0.25, -0.2) is 0 Å². The molecule has 0 aromatic heterocycles. The number of rotatable bonds is 9. The molecule has 0 aliphatic heterocycles. The Bertz CT molecular complexity index is 555. The smallest absolute Gasteiger partial charge is 0.305 e. The minimum atomic E-state index is -0.367. The van der Waals surface area contributed by atoms with Gasteiger partial charge in [-0.3, -0.25) is 14.4 Å². The van der Waals surface area contributed by atoms with Crippen molar-refractivity contribution in [2.45, 2.75) is 46.1 Å². The van der Waals surface area contributed by atoms with E-state index in [1.54, 1.807) is 6.92 Å². The second-order valence-electron chi connectivity index (χ2n) is 5.63. The number of ether oxygens (including phenoxy) is 1. The van der Waals surface area contributed by atoms with E-state index >= 15 is 0 Å². The van der Waals surface area contributed by atoms with Crippen LogP contribution in [0.4, 0.5) is 0 Å². The Morgan fingerprint density at radius 1 is 1.17 bits per heavy atom. The van der Waals surface area contributed by atoms with Gasteiger partial charge in [0.1, 0.15) is 0 Å². The van der Waals surface area contributed by atoms with Gasteiger partial charge in [-0.15, -0.1) is 0 Å². The summed E-state index contributed by atoms with van der Waals surface area (Å²) in [4.78, 5) is 34.7. The summed E-state index contributed by atoms with van der Waals surface area (Å²) in [5.74, 6) is -0.614. The van der Waals surface area contributed by atoms with Crippen molar-refractivity contribution in [3.05, 3.63) is 35.4 Å². The SMILES string of the molecule is CCOC(=O)CCCNC(=O)CC(NC(C)=O)c1ccc(C)cc1. The number of benzene rings is 1. The number of amides is 2. The lowest BCUT2D eigenvalue weighted by atomic mass is 10.0. The van der Waals surface area contributed by atoms with Gasteiger partial charge in [0.15, 0.2) is 0 Å². The summed E-state index contributed by atoms with van der Waals surface area (Å²) in [5, 5.41) is 5.57. The second kappa shape index (κ2) is 10.4. The average Bonchev–Trinajstić information content (AvgIpc) is 2.51. The Labute approximate surface area is 143 Å². The van der Waals surface area contributed by atoms with Crippen LogP contribution in [-0.4, -0.2) is 30.9 Å². The normalized spacial score (nSPS) is 11.5. The Hall–Kier alpha value is -2.37. The average molecular weight is 334 g/mol. The van der Waals surface area contributed by atoms with Crippen molar-refractivity contribution < 1.29 is 19.1 Å². The standard InChI is InChI=1S/C18H26N2O4/c1-4-24-18(23)6-5-11-19-17(22)12-16(20-14(3)21)15-9-7-13(2)8-10-15/h7-10,16H,4-6,11-12H2,1-3H3,(H,19,22)(H,20,21). The second-order valence-corrected chi connectivity index (χ2v) is 5.63. The van der Waals surface area contributed by atoms with Crippen molar-refractivity contribution in [1.29, 1.82) is 0 Å². The molecule has 6 nitrogen and oxygen atoms in total. The molecule has 1 atom stereocenters. The number of aryl methyl sites for hydroxylation is 1. The van der Waals surface area contributed by atoms with Crippen molar-refractivity contribution in [2.24, 2.45) is 0 Å². The molecule has 1 aromatic carbocycles. The Kier molecular flexibility index (Phi) is 8.54. The molecule has 0 radical (unpaired) electrons. The van der Waals surface area contributed by atoms with Gasteiger partial charge in [0.25, 0.3) is 0 Å². The van der Waals surface area contributed by atoms with Crippen molar-refractivity contribution in [2.75, 3.05) is 13.2 Å². The summed E-state index contributed by atoms with van der Waals surface area (Å²) in [6.45, 7) is 5.93. The predicted molar refractivity (Wildman–Crippen MR) is 91.2 cm³/mol. The first-order valence-corrected chi connectivity index (χ1v) is 8.18. The Morgan fingerprint density at radius 2 is 1.83 bits per heavy atom. The Morgan fingerprint density at radius 3 is 2.42 bits per heavy atom. The molecule has 0 aliphatic carbocycles.